The summed E-state index contributed by atoms with van der Waals surface area (Å²) in [6.07, 6.45) is 2.30. The zero-order valence-electron chi connectivity index (χ0n) is 6.74. The molecule has 10 heavy (non-hydrogen) atoms. The average molecular weight is 144 g/mol. The first kappa shape index (κ1) is 9.43. The smallest absolute Gasteiger partial charge is 0.233 e. The van der Waals surface area contributed by atoms with Crippen molar-refractivity contribution in [3.05, 3.63) is 0 Å². The normalized spacial score (nSPS) is 9.40. The fourth-order valence-electron chi connectivity index (χ4n) is 0.592. The summed E-state index contributed by atoms with van der Waals surface area (Å²) in [6.45, 7) is 3.50. The van der Waals surface area contributed by atoms with Crippen molar-refractivity contribution in [1.82, 2.24) is 10.6 Å². The van der Waals surface area contributed by atoms with Crippen molar-refractivity contribution in [2.75, 3.05) is 20.1 Å². The molecule has 0 unspecified atom stereocenters. The van der Waals surface area contributed by atoms with Crippen LogP contribution in [0.5, 0.6) is 0 Å². The highest BCUT2D eigenvalue weighted by atomic mass is 16.1. The van der Waals surface area contributed by atoms with Gasteiger partial charge in [-0.05, 0) is 13.0 Å². The average Bonchev–Trinajstić information content (AvgIpc) is 1.98. The van der Waals surface area contributed by atoms with Gasteiger partial charge in [-0.1, -0.05) is 13.3 Å². The number of hydrogen-bond donors (Lipinski definition) is 2. The molecule has 3 heteroatoms. The highest BCUT2D eigenvalue weighted by molar-refractivity contribution is 5.77. The topological polar surface area (TPSA) is 41.1 Å². The number of nitrogens with one attached hydrogen (secondary N) is 2. The van der Waals surface area contributed by atoms with Crippen molar-refractivity contribution >= 4 is 5.91 Å². The quantitative estimate of drug-likeness (QED) is 0.538. The van der Waals surface area contributed by atoms with Crippen molar-refractivity contribution in [2.24, 2.45) is 0 Å². The molecule has 0 heterocycles. The minimum absolute atomic E-state index is 0.0519. The van der Waals surface area contributed by atoms with Gasteiger partial charge in [-0.2, -0.15) is 0 Å². The molecule has 0 aromatic heterocycles. The second-order valence-electron chi connectivity index (χ2n) is 2.20. The van der Waals surface area contributed by atoms with Gasteiger partial charge < -0.3 is 10.6 Å². The molecule has 0 aromatic rings. The fraction of sp³-hybridized carbons (Fsp3) is 0.857. The molecule has 0 fully saturated rings. The number of carbonyl (C=O) groups is 1. The van der Waals surface area contributed by atoms with E-state index in [1.165, 1.54) is 6.42 Å². The van der Waals surface area contributed by atoms with Crippen LogP contribution in [-0.2, 0) is 4.79 Å². The summed E-state index contributed by atoms with van der Waals surface area (Å²) >= 11 is 0. The minimum Gasteiger partial charge on any atom is -0.358 e. The molecule has 3 nitrogen and oxygen atoms in total. The van der Waals surface area contributed by atoms with Crippen molar-refractivity contribution in [3.63, 3.8) is 0 Å². The molecule has 0 bridgehead atoms. The molecule has 0 aliphatic carbocycles. The summed E-state index contributed by atoms with van der Waals surface area (Å²) in [4.78, 5) is 10.6. The first-order valence-corrected chi connectivity index (χ1v) is 3.72. The molecule has 2 N–H and O–H groups in total. The molecule has 0 atom stereocenters. The van der Waals surface area contributed by atoms with Crippen LogP contribution in [0.2, 0.25) is 0 Å². The van der Waals surface area contributed by atoms with Crippen molar-refractivity contribution in [2.45, 2.75) is 19.8 Å². The molecule has 0 rings (SSSR count). The summed E-state index contributed by atoms with van der Waals surface area (Å²) in [5.74, 6) is 0.0519. The third-order valence-corrected chi connectivity index (χ3v) is 1.27. The van der Waals surface area contributed by atoms with E-state index in [2.05, 4.69) is 17.6 Å². The second kappa shape index (κ2) is 6.55. The minimum atomic E-state index is 0.0519. The van der Waals surface area contributed by atoms with Gasteiger partial charge in [-0.3, -0.25) is 4.79 Å². The predicted molar refractivity (Wildman–Crippen MR) is 41.8 cm³/mol. The van der Waals surface area contributed by atoms with Crippen LogP contribution in [0, 0.1) is 0 Å². The van der Waals surface area contributed by atoms with Crippen LogP contribution in [0.1, 0.15) is 19.8 Å². The molecule has 0 radical (unpaired) electrons. The Labute approximate surface area is 62.2 Å². The number of unbranched alkanes of at least 4 members (excludes halogenated alkanes) is 1. The van der Waals surface area contributed by atoms with Gasteiger partial charge in [0, 0.05) is 7.05 Å². The first-order valence-electron chi connectivity index (χ1n) is 3.72. The Balaban J connectivity index is 2.96. The Morgan fingerprint density at radius 3 is 2.70 bits per heavy atom. The second-order valence-corrected chi connectivity index (χ2v) is 2.20. The standard InChI is InChI=1S/C7H16N2O/c1-3-4-5-9-6-7(10)8-2/h9H,3-6H2,1-2H3,(H,8,10). The van der Waals surface area contributed by atoms with E-state index < -0.39 is 0 Å². The number of hydrogen-bond acceptors (Lipinski definition) is 2. The molecular weight excluding hydrogens is 128 g/mol. The van der Waals surface area contributed by atoms with Crippen molar-refractivity contribution in [1.29, 1.82) is 0 Å². The molecule has 0 spiro atoms. The van der Waals surface area contributed by atoms with E-state index >= 15 is 0 Å². The summed E-state index contributed by atoms with van der Waals surface area (Å²) < 4.78 is 0. The third kappa shape index (κ3) is 5.56. The Bertz CT molecular complexity index is 93.6. The SMILES string of the molecule is CCCCNCC(=O)NC. The Morgan fingerprint density at radius 2 is 2.20 bits per heavy atom. The Hall–Kier alpha value is -0.570. The van der Waals surface area contributed by atoms with Crippen LogP contribution in [0.25, 0.3) is 0 Å². The van der Waals surface area contributed by atoms with Crippen LogP contribution in [0.15, 0.2) is 0 Å². The molecule has 0 saturated heterocycles. The van der Waals surface area contributed by atoms with E-state index in [0.717, 1.165) is 13.0 Å². The maximum absolute atomic E-state index is 10.6. The number of carbonyl (C=O) groups excluding carboxylic acids is 1. The first-order chi connectivity index (χ1) is 4.81. The zero-order valence-corrected chi connectivity index (χ0v) is 6.74. The van der Waals surface area contributed by atoms with E-state index in [1.807, 2.05) is 0 Å². The molecule has 1 amide bonds. The maximum atomic E-state index is 10.6. The van der Waals surface area contributed by atoms with E-state index in [4.69, 9.17) is 0 Å². The monoisotopic (exact) mass is 144 g/mol. The number of likely N-dealkylation sites (N-methyl/N-ethyl adjacent to an activating group) is 1. The zero-order chi connectivity index (χ0) is 7.82. The van der Waals surface area contributed by atoms with Crippen LogP contribution >= 0.6 is 0 Å². The summed E-state index contributed by atoms with van der Waals surface area (Å²) in [5, 5.41) is 5.57. The lowest BCUT2D eigenvalue weighted by molar-refractivity contribution is -0.119. The highest BCUT2D eigenvalue weighted by Crippen LogP contribution is 1.80. The number of amides is 1. The van der Waals surface area contributed by atoms with Gasteiger partial charge in [0.2, 0.25) is 5.91 Å². The van der Waals surface area contributed by atoms with Crippen LogP contribution < -0.4 is 10.6 Å². The van der Waals surface area contributed by atoms with Gasteiger partial charge in [0.05, 0.1) is 6.54 Å². The van der Waals surface area contributed by atoms with Crippen LogP contribution in [0.4, 0.5) is 0 Å². The van der Waals surface area contributed by atoms with E-state index in [0.29, 0.717) is 6.54 Å². The maximum Gasteiger partial charge on any atom is 0.233 e. The molecule has 0 saturated carbocycles. The molecular formula is C7H16N2O. The summed E-state index contributed by atoms with van der Waals surface area (Å²) in [5.41, 5.74) is 0. The largest absolute Gasteiger partial charge is 0.358 e. The van der Waals surface area contributed by atoms with E-state index in [9.17, 15) is 4.79 Å². The molecule has 0 aliphatic heterocycles. The van der Waals surface area contributed by atoms with Gasteiger partial charge >= 0.3 is 0 Å². The lowest BCUT2D eigenvalue weighted by Gasteiger charge is -2.00. The van der Waals surface area contributed by atoms with Crippen LogP contribution in [0.3, 0.4) is 0 Å². The Morgan fingerprint density at radius 1 is 1.50 bits per heavy atom. The van der Waals surface area contributed by atoms with Crippen molar-refractivity contribution in [3.8, 4) is 0 Å². The van der Waals surface area contributed by atoms with Gasteiger partial charge in [0.25, 0.3) is 0 Å². The van der Waals surface area contributed by atoms with Gasteiger partial charge in [-0.15, -0.1) is 0 Å². The van der Waals surface area contributed by atoms with Gasteiger partial charge in [-0.25, -0.2) is 0 Å². The molecule has 60 valence electrons. The van der Waals surface area contributed by atoms with Crippen molar-refractivity contribution < 1.29 is 4.79 Å². The molecule has 0 aliphatic rings. The fourth-order valence-corrected chi connectivity index (χ4v) is 0.592. The van der Waals surface area contributed by atoms with E-state index in [-0.39, 0.29) is 5.91 Å². The Kier molecular flexibility index (Phi) is 6.18. The predicted octanol–water partition coefficient (Wildman–Crippen LogP) is 0.122. The summed E-state index contributed by atoms with van der Waals surface area (Å²) in [7, 11) is 1.64. The lowest BCUT2D eigenvalue weighted by atomic mass is 10.3. The summed E-state index contributed by atoms with van der Waals surface area (Å²) in [6, 6.07) is 0. The van der Waals surface area contributed by atoms with Crippen LogP contribution in [-0.4, -0.2) is 26.0 Å². The highest BCUT2D eigenvalue weighted by Gasteiger charge is 1.93. The van der Waals surface area contributed by atoms with Gasteiger partial charge in [0.1, 0.15) is 0 Å². The lowest BCUT2D eigenvalue weighted by Crippen LogP contribution is -2.31. The van der Waals surface area contributed by atoms with Gasteiger partial charge in [0.15, 0.2) is 0 Å². The molecule has 0 aromatic carbocycles. The van der Waals surface area contributed by atoms with E-state index in [1.54, 1.807) is 7.05 Å². The number of rotatable bonds is 5. The third-order valence-electron chi connectivity index (χ3n) is 1.27.